The van der Waals surface area contributed by atoms with Crippen molar-refractivity contribution >= 4 is 46.3 Å². The van der Waals surface area contributed by atoms with Gasteiger partial charge in [0.1, 0.15) is 15.8 Å². The standard InChI is InChI=1S/C25H23N3O4S2/c1-2-32-20-11-6-8-17(14-20)23-18(16-28(26-23)19-9-4-3-5-10-19)15-21-24(31)27(25(33)34-21)13-7-12-22(29)30/h3-6,8-11,14-16H,2,7,12-13H2,1H3,(H,29,30)/p-1/b21-15-. The fourth-order valence-corrected chi connectivity index (χ4v) is 4.85. The van der Waals surface area contributed by atoms with Gasteiger partial charge < -0.3 is 14.6 Å². The van der Waals surface area contributed by atoms with Crippen molar-refractivity contribution in [2.75, 3.05) is 13.2 Å². The highest BCUT2D eigenvalue weighted by atomic mass is 32.2. The summed E-state index contributed by atoms with van der Waals surface area (Å²) in [6.45, 7) is 2.72. The molecule has 1 aromatic heterocycles. The number of aromatic nitrogens is 2. The molecule has 0 aliphatic carbocycles. The molecule has 3 aromatic rings. The summed E-state index contributed by atoms with van der Waals surface area (Å²) in [5.74, 6) is -0.650. The van der Waals surface area contributed by atoms with Crippen LogP contribution in [0.2, 0.25) is 0 Å². The number of carboxylic acids is 1. The van der Waals surface area contributed by atoms with Gasteiger partial charge in [-0.05, 0) is 50.1 Å². The highest BCUT2D eigenvalue weighted by Gasteiger charge is 2.32. The van der Waals surface area contributed by atoms with Crippen molar-refractivity contribution in [2.24, 2.45) is 0 Å². The quantitative estimate of drug-likeness (QED) is 0.333. The molecule has 174 valence electrons. The Labute approximate surface area is 207 Å². The van der Waals surface area contributed by atoms with Crippen molar-refractivity contribution in [2.45, 2.75) is 19.8 Å². The lowest BCUT2D eigenvalue weighted by molar-refractivity contribution is -0.305. The van der Waals surface area contributed by atoms with E-state index in [0.717, 1.165) is 22.6 Å². The number of hydrogen-bond acceptors (Lipinski definition) is 7. The Morgan fingerprint density at radius 3 is 2.74 bits per heavy atom. The van der Waals surface area contributed by atoms with Gasteiger partial charge in [-0.1, -0.05) is 54.3 Å². The van der Waals surface area contributed by atoms with E-state index in [1.54, 1.807) is 10.8 Å². The molecule has 0 radical (unpaired) electrons. The van der Waals surface area contributed by atoms with Crippen molar-refractivity contribution in [1.82, 2.24) is 14.7 Å². The van der Waals surface area contributed by atoms with Crippen molar-refractivity contribution in [3.05, 3.63) is 71.3 Å². The third-order valence-corrected chi connectivity index (χ3v) is 6.48. The molecule has 1 saturated heterocycles. The maximum absolute atomic E-state index is 13.0. The molecule has 2 aromatic carbocycles. The summed E-state index contributed by atoms with van der Waals surface area (Å²) < 4.78 is 7.83. The summed E-state index contributed by atoms with van der Waals surface area (Å²) >= 11 is 6.57. The molecule has 1 amide bonds. The maximum Gasteiger partial charge on any atom is 0.266 e. The third-order valence-electron chi connectivity index (χ3n) is 5.10. The first kappa shape index (κ1) is 23.7. The van der Waals surface area contributed by atoms with Crippen LogP contribution in [0.25, 0.3) is 23.0 Å². The predicted octanol–water partition coefficient (Wildman–Crippen LogP) is 3.67. The zero-order valence-electron chi connectivity index (χ0n) is 18.5. The van der Waals surface area contributed by atoms with E-state index >= 15 is 0 Å². The fraction of sp³-hybridized carbons (Fsp3) is 0.200. The van der Waals surface area contributed by atoms with Gasteiger partial charge in [0.25, 0.3) is 5.91 Å². The van der Waals surface area contributed by atoms with E-state index in [9.17, 15) is 14.7 Å². The van der Waals surface area contributed by atoms with Gasteiger partial charge in [-0.3, -0.25) is 9.69 Å². The van der Waals surface area contributed by atoms with Gasteiger partial charge in [-0.25, -0.2) is 4.68 Å². The highest BCUT2D eigenvalue weighted by molar-refractivity contribution is 8.26. The minimum absolute atomic E-state index is 0.125. The molecule has 0 saturated carbocycles. The Morgan fingerprint density at radius 2 is 2.00 bits per heavy atom. The van der Waals surface area contributed by atoms with Crippen LogP contribution >= 0.6 is 24.0 Å². The molecule has 7 nitrogen and oxygen atoms in total. The number of nitrogens with zero attached hydrogens (tertiary/aromatic N) is 3. The summed E-state index contributed by atoms with van der Waals surface area (Å²) in [6, 6.07) is 17.4. The Hall–Kier alpha value is -3.43. The zero-order chi connectivity index (χ0) is 24.1. The third kappa shape index (κ3) is 5.37. The number of thiocarbonyl (C=S) groups is 1. The summed E-state index contributed by atoms with van der Waals surface area (Å²) in [6.07, 6.45) is 3.82. The van der Waals surface area contributed by atoms with Gasteiger partial charge in [0, 0.05) is 29.8 Å². The zero-order valence-corrected chi connectivity index (χ0v) is 20.1. The first-order valence-corrected chi connectivity index (χ1v) is 12.0. The van der Waals surface area contributed by atoms with Crippen molar-refractivity contribution < 1.29 is 19.4 Å². The SMILES string of the molecule is CCOc1cccc(-c2nn(-c3ccccc3)cc2/C=C2\SC(=S)N(CCCC(=O)[O-])C2=O)c1. The van der Waals surface area contributed by atoms with Crippen LogP contribution in [0, 0.1) is 0 Å². The van der Waals surface area contributed by atoms with Crippen LogP contribution in [0.5, 0.6) is 5.75 Å². The van der Waals surface area contributed by atoms with E-state index < -0.39 is 5.97 Å². The topological polar surface area (TPSA) is 87.5 Å². The van der Waals surface area contributed by atoms with Gasteiger partial charge in [0.2, 0.25) is 0 Å². The highest BCUT2D eigenvalue weighted by Crippen LogP contribution is 2.35. The number of aliphatic carboxylic acids is 1. The molecule has 0 spiro atoms. The summed E-state index contributed by atoms with van der Waals surface area (Å²) in [4.78, 5) is 25.6. The van der Waals surface area contributed by atoms with Gasteiger partial charge >= 0.3 is 0 Å². The lowest BCUT2D eigenvalue weighted by atomic mass is 10.1. The van der Waals surface area contributed by atoms with Crippen LogP contribution in [0.1, 0.15) is 25.3 Å². The van der Waals surface area contributed by atoms with Crippen molar-refractivity contribution in [1.29, 1.82) is 0 Å². The van der Waals surface area contributed by atoms with E-state index in [2.05, 4.69) is 0 Å². The molecule has 4 rings (SSSR count). The van der Waals surface area contributed by atoms with Crippen LogP contribution in [-0.4, -0.2) is 44.0 Å². The summed E-state index contributed by atoms with van der Waals surface area (Å²) in [5.41, 5.74) is 3.20. The number of hydrogen-bond donors (Lipinski definition) is 0. The van der Waals surface area contributed by atoms with Crippen LogP contribution < -0.4 is 9.84 Å². The van der Waals surface area contributed by atoms with Crippen LogP contribution in [0.3, 0.4) is 0 Å². The number of benzene rings is 2. The number of amides is 1. The molecule has 9 heteroatoms. The molecule has 0 N–H and O–H groups in total. The van der Waals surface area contributed by atoms with Crippen LogP contribution in [-0.2, 0) is 9.59 Å². The first-order chi connectivity index (χ1) is 16.5. The largest absolute Gasteiger partial charge is 0.550 e. The molecule has 1 aliphatic heterocycles. The number of para-hydroxylation sites is 1. The lowest BCUT2D eigenvalue weighted by Gasteiger charge is -2.14. The van der Waals surface area contributed by atoms with E-state index in [1.165, 1.54) is 16.7 Å². The van der Waals surface area contributed by atoms with Crippen LogP contribution in [0.15, 0.2) is 65.7 Å². The summed E-state index contributed by atoms with van der Waals surface area (Å²) in [5, 5.41) is 15.5. The molecule has 0 unspecified atom stereocenters. The molecular weight excluding hydrogens is 470 g/mol. The number of carboxylic acid groups (broad SMARTS) is 1. The molecule has 34 heavy (non-hydrogen) atoms. The van der Waals surface area contributed by atoms with E-state index in [-0.39, 0.29) is 25.3 Å². The van der Waals surface area contributed by atoms with Gasteiger partial charge in [-0.2, -0.15) is 5.10 Å². The van der Waals surface area contributed by atoms with E-state index in [4.69, 9.17) is 22.1 Å². The van der Waals surface area contributed by atoms with Gasteiger partial charge in [0.05, 0.1) is 17.2 Å². The molecule has 2 heterocycles. The van der Waals surface area contributed by atoms with E-state index in [0.29, 0.717) is 21.5 Å². The smallest absolute Gasteiger partial charge is 0.266 e. The van der Waals surface area contributed by atoms with Crippen molar-refractivity contribution in [3.8, 4) is 22.7 Å². The average Bonchev–Trinajstić information content (AvgIpc) is 3.36. The Bertz CT molecular complexity index is 1250. The number of carbonyl (C=O) groups is 2. The lowest BCUT2D eigenvalue weighted by Crippen LogP contribution is -2.30. The first-order valence-electron chi connectivity index (χ1n) is 10.8. The Kier molecular flexibility index (Phi) is 7.44. The maximum atomic E-state index is 13.0. The van der Waals surface area contributed by atoms with Gasteiger partial charge in [0.15, 0.2) is 0 Å². The van der Waals surface area contributed by atoms with Crippen LogP contribution in [0.4, 0.5) is 0 Å². The van der Waals surface area contributed by atoms with E-state index in [1.807, 2.05) is 67.7 Å². The number of ether oxygens (including phenoxy) is 1. The second-order valence-electron chi connectivity index (χ2n) is 7.48. The number of thioether (sulfide) groups is 1. The molecule has 0 atom stereocenters. The van der Waals surface area contributed by atoms with Gasteiger partial charge in [-0.15, -0.1) is 0 Å². The fourth-order valence-electron chi connectivity index (χ4n) is 3.55. The average molecular weight is 493 g/mol. The number of carbonyl (C=O) groups excluding carboxylic acids is 2. The minimum atomic E-state index is -1.15. The normalized spacial score (nSPS) is 14.7. The molecule has 1 fully saturated rings. The Balaban J connectivity index is 1.71. The molecule has 1 aliphatic rings. The second kappa shape index (κ2) is 10.7. The number of rotatable bonds is 9. The molecule has 0 bridgehead atoms. The summed E-state index contributed by atoms with van der Waals surface area (Å²) in [7, 11) is 0. The Morgan fingerprint density at radius 1 is 1.21 bits per heavy atom. The van der Waals surface area contributed by atoms with Crippen molar-refractivity contribution in [3.63, 3.8) is 0 Å². The molecular formula is C25H22N3O4S2-. The minimum Gasteiger partial charge on any atom is -0.550 e. The second-order valence-corrected chi connectivity index (χ2v) is 9.16. The monoisotopic (exact) mass is 492 g/mol. The predicted molar refractivity (Wildman–Crippen MR) is 134 cm³/mol.